The Morgan fingerprint density at radius 3 is 2.45 bits per heavy atom. The van der Waals surface area contributed by atoms with Gasteiger partial charge in [0.05, 0.1) is 0 Å². The van der Waals surface area contributed by atoms with Crippen molar-refractivity contribution >= 4 is 5.91 Å². The molecule has 1 saturated carbocycles. The van der Waals surface area contributed by atoms with Crippen LogP contribution in [0.2, 0.25) is 0 Å². The van der Waals surface area contributed by atoms with Crippen LogP contribution in [0.5, 0.6) is 11.5 Å². The van der Waals surface area contributed by atoms with E-state index < -0.39 is 0 Å². The fourth-order valence-electron chi connectivity index (χ4n) is 4.36. The average molecular weight is 394 g/mol. The number of hydrogen-bond donors (Lipinski definition) is 0. The summed E-state index contributed by atoms with van der Waals surface area (Å²) < 4.78 is 11.0. The molecule has 4 rings (SSSR count). The third-order valence-electron chi connectivity index (χ3n) is 6.09. The second-order valence-corrected chi connectivity index (χ2v) is 8.21. The Morgan fingerprint density at radius 2 is 1.69 bits per heavy atom. The molecule has 4 heteroatoms. The maximum absolute atomic E-state index is 13.5. The molecule has 2 aromatic rings. The van der Waals surface area contributed by atoms with Crippen LogP contribution in [0.25, 0.3) is 0 Å². The Labute approximate surface area is 173 Å². The Morgan fingerprint density at radius 1 is 0.966 bits per heavy atom. The van der Waals surface area contributed by atoms with Crippen molar-refractivity contribution in [2.45, 2.75) is 70.9 Å². The molecular formula is C25H31NO3. The molecule has 0 spiro atoms. The van der Waals surface area contributed by atoms with Gasteiger partial charge in [0.2, 0.25) is 6.79 Å². The van der Waals surface area contributed by atoms with E-state index in [0.717, 1.165) is 41.9 Å². The van der Waals surface area contributed by atoms with Crippen molar-refractivity contribution < 1.29 is 14.3 Å². The van der Waals surface area contributed by atoms with Crippen LogP contribution in [-0.4, -0.2) is 23.6 Å². The second kappa shape index (κ2) is 9.34. The highest BCUT2D eigenvalue weighted by atomic mass is 16.7. The minimum atomic E-state index is 0.136. The summed E-state index contributed by atoms with van der Waals surface area (Å²) in [5, 5.41) is 0. The highest BCUT2D eigenvalue weighted by Crippen LogP contribution is 2.34. The van der Waals surface area contributed by atoms with Gasteiger partial charge in [-0.05, 0) is 61.1 Å². The summed E-state index contributed by atoms with van der Waals surface area (Å²) in [6, 6.07) is 14.5. The molecule has 2 aromatic carbocycles. The van der Waals surface area contributed by atoms with Crippen molar-refractivity contribution in [3.8, 4) is 11.5 Å². The molecule has 0 bridgehead atoms. The molecule has 0 unspecified atom stereocenters. The smallest absolute Gasteiger partial charge is 0.254 e. The van der Waals surface area contributed by atoms with E-state index in [-0.39, 0.29) is 12.7 Å². The first kappa shape index (κ1) is 19.8. The number of nitrogens with zero attached hydrogens (tertiary/aromatic N) is 1. The van der Waals surface area contributed by atoms with E-state index in [1.807, 2.05) is 30.3 Å². The Hall–Kier alpha value is -2.49. The minimum Gasteiger partial charge on any atom is -0.454 e. The van der Waals surface area contributed by atoms with Gasteiger partial charge < -0.3 is 14.4 Å². The molecule has 0 aromatic heterocycles. The van der Waals surface area contributed by atoms with Crippen LogP contribution in [0.4, 0.5) is 0 Å². The van der Waals surface area contributed by atoms with E-state index in [1.54, 1.807) is 0 Å². The van der Waals surface area contributed by atoms with Gasteiger partial charge in [-0.15, -0.1) is 0 Å². The largest absolute Gasteiger partial charge is 0.454 e. The molecule has 1 fully saturated rings. The zero-order chi connectivity index (χ0) is 20.1. The predicted octanol–water partition coefficient (Wildman–Crippen LogP) is 5.73. The number of carbonyl (C=O) groups excluding carboxylic acids is 1. The zero-order valence-electron chi connectivity index (χ0n) is 17.4. The van der Waals surface area contributed by atoms with Gasteiger partial charge in [-0.1, -0.05) is 50.8 Å². The molecular weight excluding hydrogens is 362 g/mol. The molecule has 0 radical (unpaired) electrons. The normalized spacial score (nSPS) is 16.0. The quantitative estimate of drug-likeness (QED) is 0.603. The molecule has 29 heavy (non-hydrogen) atoms. The van der Waals surface area contributed by atoms with Crippen molar-refractivity contribution in [1.29, 1.82) is 0 Å². The number of benzene rings is 2. The lowest BCUT2D eigenvalue weighted by molar-refractivity contribution is 0.0614. The first-order valence-corrected chi connectivity index (χ1v) is 11.0. The van der Waals surface area contributed by atoms with E-state index >= 15 is 0 Å². The summed E-state index contributed by atoms with van der Waals surface area (Å²) in [5.74, 6) is 1.70. The van der Waals surface area contributed by atoms with Crippen LogP contribution in [0, 0.1) is 0 Å². The first-order chi connectivity index (χ1) is 14.2. The predicted molar refractivity (Wildman–Crippen MR) is 114 cm³/mol. The molecule has 4 nitrogen and oxygen atoms in total. The van der Waals surface area contributed by atoms with Gasteiger partial charge in [-0.25, -0.2) is 0 Å². The number of ether oxygens (including phenoxy) is 2. The van der Waals surface area contributed by atoms with E-state index in [1.165, 1.54) is 37.7 Å². The zero-order valence-corrected chi connectivity index (χ0v) is 17.4. The van der Waals surface area contributed by atoms with E-state index in [4.69, 9.17) is 9.47 Å². The van der Waals surface area contributed by atoms with Crippen LogP contribution in [0.3, 0.4) is 0 Å². The summed E-state index contributed by atoms with van der Waals surface area (Å²) in [7, 11) is 0. The Bertz CT molecular complexity index is 824. The molecule has 1 aliphatic heterocycles. The Balaban J connectivity index is 1.54. The lowest BCUT2D eigenvalue weighted by Gasteiger charge is -2.34. The van der Waals surface area contributed by atoms with Crippen molar-refractivity contribution in [2.24, 2.45) is 0 Å². The number of hydrogen-bond acceptors (Lipinski definition) is 3. The molecule has 1 aliphatic carbocycles. The number of unbranched alkanes of at least 4 members (excludes halogenated alkanes) is 1. The molecule has 1 heterocycles. The van der Waals surface area contributed by atoms with Crippen LogP contribution in [0.1, 0.15) is 73.4 Å². The van der Waals surface area contributed by atoms with Crippen molar-refractivity contribution in [2.75, 3.05) is 6.79 Å². The molecule has 1 amide bonds. The molecule has 0 saturated heterocycles. The van der Waals surface area contributed by atoms with E-state index in [0.29, 0.717) is 12.6 Å². The molecule has 154 valence electrons. The van der Waals surface area contributed by atoms with Crippen molar-refractivity contribution in [3.05, 3.63) is 59.2 Å². The lowest BCUT2D eigenvalue weighted by atomic mass is 9.93. The SMILES string of the molecule is CCCCc1ccc(C(=O)N(Cc2ccc3c(c2)OCO3)C2CCCCC2)cc1. The van der Waals surface area contributed by atoms with E-state index in [9.17, 15) is 4.79 Å². The monoisotopic (exact) mass is 393 g/mol. The number of fused-ring (bicyclic) bond motifs is 1. The number of amides is 1. The minimum absolute atomic E-state index is 0.136. The summed E-state index contributed by atoms with van der Waals surface area (Å²) >= 11 is 0. The van der Waals surface area contributed by atoms with Crippen molar-refractivity contribution in [1.82, 2.24) is 4.90 Å². The second-order valence-electron chi connectivity index (χ2n) is 8.21. The van der Waals surface area contributed by atoms with Gasteiger partial charge >= 0.3 is 0 Å². The first-order valence-electron chi connectivity index (χ1n) is 11.0. The van der Waals surface area contributed by atoms with Gasteiger partial charge in [0.1, 0.15) is 0 Å². The number of rotatable bonds is 7. The highest BCUT2D eigenvalue weighted by molar-refractivity contribution is 5.94. The van der Waals surface area contributed by atoms with Crippen LogP contribution in [0.15, 0.2) is 42.5 Å². The van der Waals surface area contributed by atoms with Crippen LogP contribution in [-0.2, 0) is 13.0 Å². The van der Waals surface area contributed by atoms with Gasteiger partial charge in [-0.3, -0.25) is 4.79 Å². The average Bonchev–Trinajstić information content (AvgIpc) is 3.24. The van der Waals surface area contributed by atoms with E-state index in [2.05, 4.69) is 24.0 Å². The molecule has 2 aliphatic rings. The van der Waals surface area contributed by atoms with Gasteiger partial charge in [-0.2, -0.15) is 0 Å². The third kappa shape index (κ3) is 4.75. The maximum atomic E-state index is 13.5. The molecule has 0 N–H and O–H groups in total. The highest BCUT2D eigenvalue weighted by Gasteiger charge is 2.27. The number of carbonyl (C=O) groups is 1. The van der Waals surface area contributed by atoms with Crippen LogP contribution < -0.4 is 9.47 Å². The fraction of sp³-hybridized carbons (Fsp3) is 0.480. The van der Waals surface area contributed by atoms with Gasteiger partial charge in [0, 0.05) is 18.2 Å². The summed E-state index contributed by atoms with van der Waals surface area (Å²) in [5.41, 5.74) is 3.19. The van der Waals surface area contributed by atoms with Gasteiger partial charge in [0.15, 0.2) is 11.5 Å². The van der Waals surface area contributed by atoms with Gasteiger partial charge in [0.25, 0.3) is 5.91 Å². The van der Waals surface area contributed by atoms with Crippen LogP contribution >= 0.6 is 0 Å². The number of aryl methyl sites for hydroxylation is 1. The Kier molecular flexibility index (Phi) is 6.38. The third-order valence-corrected chi connectivity index (χ3v) is 6.09. The summed E-state index contributed by atoms with van der Waals surface area (Å²) in [6.45, 7) is 3.09. The maximum Gasteiger partial charge on any atom is 0.254 e. The lowest BCUT2D eigenvalue weighted by Crippen LogP contribution is -2.41. The standard InChI is InChI=1S/C25H31NO3/c1-2-3-7-19-10-13-21(14-11-19)25(27)26(22-8-5-4-6-9-22)17-20-12-15-23-24(16-20)29-18-28-23/h10-16,22H,2-9,17-18H2,1H3. The summed E-state index contributed by atoms with van der Waals surface area (Å²) in [4.78, 5) is 15.6. The molecule has 0 atom stereocenters. The fourth-order valence-corrected chi connectivity index (χ4v) is 4.36. The topological polar surface area (TPSA) is 38.8 Å². The summed E-state index contributed by atoms with van der Waals surface area (Å²) in [6.07, 6.45) is 9.30. The van der Waals surface area contributed by atoms with Crippen molar-refractivity contribution in [3.63, 3.8) is 0 Å².